The molecule has 2 heterocycles. The Labute approximate surface area is 75.8 Å². The second-order valence-electron chi connectivity index (χ2n) is 3.47. The second-order valence-corrected chi connectivity index (χ2v) is 3.47. The Kier molecular flexibility index (Phi) is 1.83. The number of hydrogen-bond acceptors (Lipinski definition) is 2. The molecule has 4 nitrogen and oxygen atoms in total. The third-order valence-corrected chi connectivity index (χ3v) is 2.71. The summed E-state index contributed by atoms with van der Waals surface area (Å²) < 4.78 is 0. The first-order valence-corrected chi connectivity index (χ1v) is 4.42. The summed E-state index contributed by atoms with van der Waals surface area (Å²) in [6.07, 6.45) is 5.50. The summed E-state index contributed by atoms with van der Waals surface area (Å²) >= 11 is 0. The van der Waals surface area contributed by atoms with Gasteiger partial charge < -0.3 is 10.0 Å². The predicted octanol–water partition coefficient (Wildman–Crippen LogP) is 0.391. The van der Waals surface area contributed by atoms with E-state index in [1.807, 2.05) is 6.08 Å². The van der Waals surface area contributed by atoms with Crippen molar-refractivity contribution in [2.45, 2.75) is 31.3 Å². The van der Waals surface area contributed by atoms with Gasteiger partial charge in [-0.15, -0.1) is 0 Å². The zero-order chi connectivity index (χ0) is 9.42. The van der Waals surface area contributed by atoms with E-state index in [-0.39, 0.29) is 11.9 Å². The standard InChI is InChI=1S/C9H11NO3/c11-8-3-1-2-6-4-5-7(9(12)13)10(6)8/h1,3,6-7H,2,4-5H2,(H,12,13). The quantitative estimate of drug-likeness (QED) is 0.636. The molecule has 0 bridgehead atoms. The number of carboxylic acid groups (broad SMARTS) is 1. The summed E-state index contributed by atoms with van der Waals surface area (Å²) in [6, 6.07) is -0.471. The van der Waals surface area contributed by atoms with Crippen molar-refractivity contribution < 1.29 is 14.7 Å². The topological polar surface area (TPSA) is 57.6 Å². The molecule has 1 N–H and O–H groups in total. The molecule has 0 aromatic carbocycles. The Hall–Kier alpha value is -1.32. The largest absolute Gasteiger partial charge is 0.480 e. The second kappa shape index (κ2) is 2.87. The summed E-state index contributed by atoms with van der Waals surface area (Å²) in [7, 11) is 0. The zero-order valence-electron chi connectivity index (χ0n) is 7.14. The Morgan fingerprint density at radius 2 is 2.31 bits per heavy atom. The van der Waals surface area contributed by atoms with Crippen LogP contribution in [0.25, 0.3) is 0 Å². The van der Waals surface area contributed by atoms with Crippen LogP contribution in [0.4, 0.5) is 0 Å². The van der Waals surface area contributed by atoms with Gasteiger partial charge >= 0.3 is 5.97 Å². The molecule has 0 spiro atoms. The van der Waals surface area contributed by atoms with Crippen molar-refractivity contribution in [2.75, 3.05) is 0 Å². The average Bonchev–Trinajstić information content (AvgIpc) is 2.49. The van der Waals surface area contributed by atoms with Crippen molar-refractivity contribution >= 4 is 11.9 Å². The maximum absolute atomic E-state index is 11.4. The van der Waals surface area contributed by atoms with Crippen LogP contribution in [0.1, 0.15) is 19.3 Å². The molecule has 1 amide bonds. The summed E-state index contributed by atoms with van der Waals surface area (Å²) in [5.41, 5.74) is 0. The fourth-order valence-corrected chi connectivity index (χ4v) is 2.10. The minimum absolute atomic E-state index is 0.124. The molecule has 2 atom stereocenters. The predicted molar refractivity (Wildman–Crippen MR) is 45.0 cm³/mol. The number of rotatable bonds is 1. The molecule has 2 aliphatic rings. The highest BCUT2D eigenvalue weighted by Crippen LogP contribution is 2.29. The Morgan fingerprint density at radius 3 is 3.00 bits per heavy atom. The average molecular weight is 181 g/mol. The first-order chi connectivity index (χ1) is 6.20. The van der Waals surface area contributed by atoms with E-state index in [0.29, 0.717) is 6.42 Å². The smallest absolute Gasteiger partial charge is 0.326 e. The fraction of sp³-hybridized carbons (Fsp3) is 0.556. The molecule has 13 heavy (non-hydrogen) atoms. The molecule has 2 rings (SSSR count). The SMILES string of the molecule is O=C(O)C1CCC2CC=CC(=O)N21. The molecule has 2 unspecified atom stereocenters. The van der Waals surface area contributed by atoms with Crippen molar-refractivity contribution in [1.82, 2.24) is 4.90 Å². The van der Waals surface area contributed by atoms with Crippen LogP contribution >= 0.6 is 0 Å². The number of carbonyl (C=O) groups excluding carboxylic acids is 1. The van der Waals surface area contributed by atoms with Gasteiger partial charge in [0.2, 0.25) is 5.91 Å². The lowest BCUT2D eigenvalue weighted by Gasteiger charge is -2.29. The first-order valence-electron chi connectivity index (χ1n) is 4.42. The van der Waals surface area contributed by atoms with E-state index >= 15 is 0 Å². The molecule has 0 radical (unpaired) electrons. The highest BCUT2D eigenvalue weighted by molar-refractivity contribution is 5.92. The molecule has 0 aromatic heterocycles. The zero-order valence-corrected chi connectivity index (χ0v) is 7.14. The van der Waals surface area contributed by atoms with Gasteiger partial charge in [0.15, 0.2) is 0 Å². The van der Waals surface area contributed by atoms with E-state index in [9.17, 15) is 9.59 Å². The van der Waals surface area contributed by atoms with Gasteiger partial charge in [-0.3, -0.25) is 4.79 Å². The van der Waals surface area contributed by atoms with Gasteiger partial charge in [0, 0.05) is 6.04 Å². The van der Waals surface area contributed by atoms with Crippen LogP contribution in [-0.4, -0.2) is 34.0 Å². The molecule has 4 heteroatoms. The van der Waals surface area contributed by atoms with Crippen LogP contribution in [0.2, 0.25) is 0 Å². The lowest BCUT2D eigenvalue weighted by molar-refractivity contribution is -0.148. The number of hydrogen-bond donors (Lipinski definition) is 1. The lowest BCUT2D eigenvalue weighted by Crippen LogP contribution is -2.45. The highest BCUT2D eigenvalue weighted by Gasteiger charge is 2.40. The monoisotopic (exact) mass is 181 g/mol. The molecule has 0 aromatic rings. The van der Waals surface area contributed by atoms with Crippen LogP contribution in [0.3, 0.4) is 0 Å². The van der Waals surface area contributed by atoms with Crippen molar-refractivity contribution in [3.05, 3.63) is 12.2 Å². The van der Waals surface area contributed by atoms with E-state index in [1.54, 1.807) is 0 Å². The van der Waals surface area contributed by atoms with Gasteiger partial charge in [-0.25, -0.2) is 4.79 Å². The fourth-order valence-electron chi connectivity index (χ4n) is 2.10. The Balaban J connectivity index is 2.24. The number of aliphatic carboxylic acids is 1. The first kappa shape index (κ1) is 8.29. The normalized spacial score (nSPS) is 32.0. The molecule has 1 fully saturated rings. The molecule has 1 saturated heterocycles. The summed E-state index contributed by atoms with van der Waals surface area (Å²) in [6.45, 7) is 0. The number of fused-ring (bicyclic) bond motifs is 1. The number of nitrogens with zero attached hydrogens (tertiary/aromatic N) is 1. The van der Waals surface area contributed by atoms with Crippen LogP contribution in [0, 0.1) is 0 Å². The van der Waals surface area contributed by atoms with Gasteiger partial charge in [0.05, 0.1) is 0 Å². The van der Waals surface area contributed by atoms with E-state index in [2.05, 4.69) is 0 Å². The van der Waals surface area contributed by atoms with Gasteiger partial charge in [0.25, 0.3) is 0 Å². The molecular weight excluding hydrogens is 170 g/mol. The van der Waals surface area contributed by atoms with E-state index in [1.165, 1.54) is 11.0 Å². The molecule has 2 aliphatic heterocycles. The number of amides is 1. The minimum Gasteiger partial charge on any atom is -0.480 e. The van der Waals surface area contributed by atoms with Crippen LogP contribution in [0.15, 0.2) is 12.2 Å². The third-order valence-electron chi connectivity index (χ3n) is 2.71. The maximum Gasteiger partial charge on any atom is 0.326 e. The highest BCUT2D eigenvalue weighted by atomic mass is 16.4. The van der Waals surface area contributed by atoms with E-state index in [4.69, 9.17) is 5.11 Å². The van der Waals surface area contributed by atoms with Crippen LogP contribution in [-0.2, 0) is 9.59 Å². The third kappa shape index (κ3) is 1.22. The molecule has 0 saturated carbocycles. The van der Waals surface area contributed by atoms with Crippen molar-refractivity contribution in [2.24, 2.45) is 0 Å². The molecule has 70 valence electrons. The summed E-state index contributed by atoms with van der Waals surface area (Å²) in [4.78, 5) is 23.7. The van der Waals surface area contributed by atoms with E-state index in [0.717, 1.165) is 12.8 Å². The van der Waals surface area contributed by atoms with Gasteiger partial charge in [-0.1, -0.05) is 6.08 Å². The maximum atomic E-state index is 11.4. The lowest BCUT2D eigenvalue weighted by atomic mass is 10.1. The number of carbonyl (C=O) groups is 2. The van der Waals surface area contributed by atoms with Gasteiger partial charge in [-0.2, -0.15) is 0 Å². The van der Waals surface area contributed by atoms with Crippen molar-refractivity contribution in [1.29, 1.82) is 0 Å². The minimum atomic E-state index is -0.883. The summed E-state index contributed by atoms with van der Waals surface area (Å²) in [5, 5.41) is 8.85. The van der Waals surface area contributed by atoms with Gasteiger partial charge in [0.1, 0.15) is 6.04 Å². The van der Waals surface area contributed by atoms with Crippen molar-refractivity contribution in [3.63, 3.8) is 0 Å². The van der Waals surface area contributed by atoms with E-state index < -0.39 is 12.0 Å². The van der Waals surface area contributed by atoms with Crippen molar-refractivity contribution in [3.8, 4) is 0 Å². The van der Waals surface area contributed by atoms with Gasteiger partial charge in [-0.05, 0) is 25.3 Å². The number of carboxylic acids is 1. The Morgan fingerprint density at radius 1 is 1.54 bits per heavy atom. The van der Waals surface area contributed by atoms with Crippen LogP contribution in [0.5, 0.6) is 0 Å². The Bertz CT molecular complexity index is 285. The molecule has 0 aliphatic carbocycles. The molecular formula is C9H11NO3. The van der Waals surface area contributed by atoms with Crippen LogP contribution < -0.4 is 0 Å². The summed E-state index contributed by atoms with van der Waals surface area (Å²) in [5.74, 6) is -1.03.